The van der Waals surface area contributed by atoms with Crippen LogP contribution in [-0.4, -0.2) is 32.8 Å². The average molecular weight is 274 g/mol. The first kappa shape index (κ1) is 13.9. The van der Waals surface area contributed by atoms with Crippen molar-refractivity contribution < 1.29 is 4.74 Å². The molecule has 2 aliphatic rings. The van der Waals surface area contributed by atoms with Crippen molar-refractivity contribution in [3.63, 3.8) is 0 Å². The van der Waals surface area contributed by atoms with Crippen molar-refractivity contribution in [1.82, 2.24) is 0 Å². The van der Waals surface area contributed by atoms with E-state index in [0.717, 1.165) is 32.1 Å². The van der Waals surface area contributed by atoms with E-state index in [1.807, 2.05) is 0 Å². The second-order valence-corrected chi connectivity index (χ2v) is 6.15. The number of hydrogen-bond acceptors (Lipinski definition) is 3. The Morgan fingerprint density at radius 3 is 2.80 bits per heavy atom. The molecule has 2 heterocycles. The Morgan fingerprint density at radius 1 is 1.20 bits per heavy atom. The van der Waals surface area contributed by atoms with Crippen molar-refractivity contribution in [1.29, 1.82) is 0 Å². The van der Waals surface area contributed by atoms with E-state index in [0.29, 0.717) is 5.92 Å². The van der Waals surface area contributed by atoms with Gasteiger partial charge in [-0.25, -0.2) is 0 Å². The number of nitrogens with zero attached hydrogens (tertiary/aromatic N) is 1. The summed E-state index contributed by atoms with van der Waals surface area (Å²) in [6.45, 7) is 5.06. The van der Waals surface area contributed by atoms with Gasteiger partial charge in [-0.1, -0.05) is 18.2 Å². The fraction of sp³-hybridized carbons (Fsp3) is 0.647. The van der Waals surface area contributed by atoms with Crippen LogP contribution in [0.2, 0.25) is 0 Å². The summed E-state index contributed by atoms with van der Waals surface area (Å²) in [4.78, 5) is 2.60. The second-order valence-electron chi connectivity index (χ2n) is 6.15. The lowest BCUT2D eigenvalue weighted by atomic mass is 9.96. The van der Waals surface area contributed by atoms with Gasteiger partial charge in [0.1, 0.15) is 0 Å². The second kappa shape index (κ2) is 6.59. The zero-order chi connectivity index (χ0) is 13.8. The Morgan fingerprint density at radius 2 is 2.00 bits per heavy atom. The SMILES string of the molecule is NCCCC1CN(CC2CCOCC2)c2ccccc21. The first-order valence-corrected chi connectivity index (χ1v) is 8.00. The molecule has 110 valence electrons. The van der Waals surface area contributed by atoms with Crippen LogP contribution in [0.4, 0.5) is 5.69 Å². The summed E-state index contributed by atoms with van der Waals surface area (Å²) in [7, 11) is 0. The van der Waals surface area contributed by atoms with Crippen LogP contribution in [-0.2, 0) is 4.74 Å². The fourth-order valence-electron chi connectivity index (χ4n) is 3.61. The summed E-state index contributed by atoms with van der Waals surface area (Å²) in [6.07, 6.45) is 4.78. The highest BCUT2D eigenvalue weighted by molar-refractivity contribution is 5.60. The van der Waals surface area contributed by atoms with Crippen LogP contribution >= 0.6 is 0 Å². The van der Waals surface area contributed by atoms with E-state index >= 15 is 0 Å². The van der Waals surface area contributed by atoms with Gasteiger partial charge in [0, 0.05) is 37.9 Å². The number of nitrogens with two attached hydrogens (primary N) is 1. The molecule has 0 amide bonds. The molecule has 3 heteroatoms. The zero-order valence-corrected chi connectivity index (χ0v) is 12.3. The number of anilines is 1. The monoisotopic (exact) mass is 274 g/mol. The molecule has 2 aliphatic heterocycles. The minimum atomic E-state index is 0.676. The minimum absolute atomic E-state index is 0.676. The molecular weight excluding hydrogens is 248 g/mol. The highest BCUT2D eigenvalue weighted by Crippen LogP contribution is 2.39. The summed E-state index contributed by atoms with van der Waals surface area (Å²) in [5, 5.41) is 0. The standard InChI is InChI=1S/C17H26N2O/c18-9-3-4-15-13-19(12-14-7-10-20-11-8-14)17-6-2-1-5-16(15)17/h1-2,5-6,14-15H,3-4,7-13,18H2. The smallest absolute Gasteiger partial charge is 0.0469 e. The van der Waals surface area contributed by atoms with Gasteiger partial charge in [0.05, 0.1) is 0 Å². The summed E-state index contributed by atoms with van der Waals surface area (Å²) in [6, 6.07) is 8.94. The number of hydrogen-bond donors (Lipinski definition) is 1. The Bertz CT molecular complexity index is 429. The van der Waals surface area contributed by atoms with Crippen LogP contribution < -0.4 is 10.6 Å². The number of rotatable bonds is 5. The topological polar surface area (TPSA) is 38.5 Å². The van der Waals surface area contributed by atoms with Crippen molar-refractivity contribution in [2.75, 3.05) is 37.7 Å². The predicted molar refractivity (Wildman–Crippen MR) is 83.2 cm³/mol. The molecule has 0 spiro atoms. The average Bonchev–Trinajstić information content (AvgIpc) is 2.85. The molecule has 3 rings (SSSR count). The van der Waals surface area contributed by atoms with E-state index < -0.39 is 0 Å². The molecule has 3 nitrogen and oxygen atoms in total. The lowest BCUT2D eigenvalue weighted by molar-refractivity contribution is 0.0683. The summed E-state index contributed by atoms with van der Waals surface area (Å²) in [5.41, 5.74) is 8.68. The predicted octanol–water partition coefficient (Wildman–Crippen LogP) is 2.76. The molecule has 1 unspecified atom stereocenters. The summed E-state index contributed by atoms with van der Waals surface area (Å²) < 4.78 is 5.48. The van der Waals surface area contributed by atoms with Crippen LogP contribution in [0, 0.1) is 5.92 Å². The molecule has 2 N–H and O–H groups in total. The maximum Gasteiger partial charge on any atom is 0.0469 e. The highest BCUT2D eigenvalue weighted by Gasteiger charge is 2.29. The fourth-order valence-corrected chi connectivity index (χ4v) is 3.61. The van der Waals surface area contributed by atoms with Crippen molar-refractivity contribution in [3.05, 3.63) is 29.8 Å². The third-order valence-corrected chi connectivity index (χ3v) is 4.73. The molecule has 1 saturated heterocycles. The third kappa shape index (κ3) is 2.99. The lowest BCUT2D eigenvalue weighted by Crippen LogP contribution is -2.31. The molecule has 0 bridgehead atoms. The van der Waals surface area contributed by atoms with E-state index in [9.17, 15) is 0 Å². The lowest BCUT2D eigenvalue weighted by Gasteiger charge is -2.29. The number of fused-ring (bicyclic) bond motifs is 1. The van der Waals surface area contributed by atoms with E-state index in [-0.39, 0.29) is 0 Å². The van der Waals surface area contributed by atoms with Crippen molar-refractivity contribution in [3.8, 4) is 0 Å². The van der Waals surface area contributed by atoms with Gasteiger partial charge in [-0.15, -0.1) is 0 Å². The maximum atomic E-state index is 5.68. The van der Waals surface area contributed by atoms with Crippen molar-refractivity contribution in [2.45, 2.75) is 31.6 Å². The first-order valence-electron chi connectivity index (χ1n) is 8.00. The van der Waals surface area contributed by atoms with Crippen LogP contribution in [0.1, 0.15) is 37.2 Å². The van der Waals surface area contributed by atoms with Gasteiger partial charge in [-0.05, 0) is 49.8 Å². The van der Waals surface area contributed by atoms with E-state index in [2.05, 4.69) is 29.2 Å². The molecule has 0 radical (unpaired) electrons. The Labute approximate surface area is 122 Å². The summed E-state index contributed by atoms with van der Waals surface area (Å²) >= 11 is 0. The molecular formula is C17H26N2O. The Kier molecular flexibility index (Phi) is 4.58. The van der Waals surface area contributed by atoms with E-state index in [4.69, 9.17) is 10.5 Å². The highest BCUT2D eigenvalue weighted by atomic mass is 16.5. The minimum Gasteiger partial charge on any atom is -0.381 e. The van der Waals surface area contributed by atoms with Crippen molar-refractivity contribution >= 4 is 5.69 Å². The van der Waals surface area contributed by atoms with Gasteiger partial charge >= 0.3 is 0 Å². The number of para-hydroxylation sites is 1. The molecule has 1 aromatic rings. The van der Waals surface area contributed by atoms with Gasteiger partial charge in [0.2, 0.25) is 0 Å². The normalized spacial score (nSPS) is 23.1. The third-order valence-electron chi connectivity index (χ3n) is 4.73. The van der Waals surface area contributed by atoms with Crippen LogP contribution in [0.5, 0.6) is 0 Å². The van der Waals surface area contributed by atoms with Crippen LogP contribution in [0.3, 0.4) is 0 Å². The molecule has 1 atom stereocenters. The van der Waals surface area contributed by atoms with Gasteiger partial charge in [-0.3, -0.25) is 0 Å². The largest absolute Gasteiger partial charge is 0.381 e. The zero-order valence-electron chi connectivity index (χ0n) is 12.3. The molecule has 1 fully saturated rings. The van der Waals surface area contributed by atoms with Gasteiger partial charge in [0.25, 0.3) is 0 Å². The maximum absolute atomic E-state index is 5.68. The van der Waals surface area contributed by atoms with Gasteiger partial charge in [-0.2, -0.15) is 0 Å². The van der Waals surface area contributed by atoms with Crippen LogP contribution in [0.25, 0.3) is 0 Å². The Balaban J connectivity index is 1.69. The quantitative estimate of drug-likeness (QED) is 0.897. The summed E-state index contributed by atoms with van der Waals surface area (Å²) in [5.74, 6) is 1.47. The number of ether oxygens (including phenoxy) is 1. The van der Waals surface area contributed by atoms with Gasteiger partial charge < -0.3 is 15.4 Å². The molecule has 0 saturated carbocycles. The van der Waals surface area contributed by atoms with Gasteiger partial charge in [0.15, 0.2) is 0 Å². The molecule has 0 aliphatic carbocycles. The molecule has 1 aromatic carbocycles. The van der Waals surface area contributed by atoms with E-state index in [1.54, 1.807) is 0 Å². The van der Waals surface area contributed by atoms with Crippen LogP contribution in [0.15, 0.2) is 24.3 Å². The molecule has 20 heavy (non-hydrogen) atoms. The number of benzene rings is 1. The van der Waals surface area contributed by atoms with Crippen molar-refractivity contribution in [2.24, 2.45) is 11.7 Å². The molecule has 0 aromatic heterocycles. The van der Waals surface area contributed by atoms with E-state index in [1.165, 1.54) is 43.6 Å². The Hall–Kier alpha value is -1.06. The first-order chi connectivity index (χ1) is 9.88.